The van der Waals surface area contributed by atoms with Crippen LogP contribution in [-0.2, 0) is 10.3 Å². The van der Waals surface area contributed by atoms with Crippen molar-refractivity contribution in [3.63, 3.8) is 0 Å². The number of carbonyl (C=O) groups excluding carboxylic acids is 1. The van der Waals surface area contributed by atoms with Crippen LogP contribution in [0.1, 0.15) is 38.7 Å². The lowest BCUT2D eigenvalue weighted by atomic mass is 9.70. The van der Waals surface area contributed by atoms with Crippen molar-refractivity contribution in [2.24, 2.45) is 4.99 Å². The molecule has 0 amide bonds. The maximum atomic E-state index is 14.3. The van der Waals surface area contributed by atoms with Crippen LogP contribution in [0.15, 0.2) is 102 Å². The summed E-state index contributed by atoms with van der Waals surface area (Å²) in [5, 5.41) is 11.2. The van der Waals surface area contributed by atoms with Gasteiger partial charge >= 0.3 is 0 Å². The summed E-state index contributed by atoms with van der Waals surface area (Å²) in [5.41, 5.74) is 4.15. The molecule has 0 aromatic heterocycles. The third kappa shape index (κ3) is 3.10. The lowest BCUT2D eigenvalue weighted by Gasteiger charge is -2.38. The summed E-state index contributed by atoms with van der Waals surface area (Å²) in [6.45, 7) is 2.00. The fourth-order valence-corrected chi connectivity index (χ4v) is 5.01. The molecule has 1 spiro atoms. The molecule has 6 nitrogen and oxygen atoms in total. The third-order valence-electron chi connectivity index (χ3n) is 6.73. The molecule has 6 heteroatoms. The van der Waals surface area contributed by atoms with E-state index in [-0.39, 0.29) is 11.5 Å². The van der Waals surface area contributed by atoms with E-state index in [0.29, 0.717) is 17.0 Å². The highest BCUT2D eigenvalue weighted by Gasteiger charge is 2.58. The Hall–Kier alpha value is -4.58. The molecule has 0 radical (unpaired) electrons. The lowest BCUT2D eigenvalue weighted by molar-refractivity contribution is -0.384. The average molecular weight is 460 g/mol. The van der Waals surface area contributed by atoms with Gasteiger partial charge in [0.2, 0.25) is 17.3 Å². The Balaban J connectivity index is 1.60. The Bertz CT molecular complexity index is 1520. The van der Waals surface area contributed by atoms with Crippen LogP contribution < -0.4 is 0 Å². The molecule has 6 rings (SSSR count). The molecule has 2 aliphatic rings. The van der Waals surface area contributed by atoms with E-state index in [9.17, 15) is 14.9 Å². The third-order valence-corrected chi connectivity index (χ3v) is 6.73. The van der Waals surface area contributed by atoms with E-state index in [0.717, 1.165) is 27.8 Å². The molecule has 0 saturated carbocycles. The second kappa shape index (κ2) is 7.74. The number of hydrogen-bond acceptors (Lipinski definition) is 5. The predicted octanol–water partition coefficient (Wildman–Crippen LogP) is 6.18. The number of nitro groups is 1. The SMILES string of the molecule is Cc1ccc(C2=N[C@H](c3ccc([N+](=O)[O-])cc3)[C@@]3(O2)C(=O)c2ccccc2-c2ccccc23)cc1. The van der Waals surface area contributed by atoms with E-state index >= 15 is 0 Å². The molecule has 0 bridgehead atoms. The van der Waals surface area contributed by atoms with Crippen molar-refractivity contribution in [1.29, 1.82) is 0 Å². The zero-order valence-electron chi connectivity index (χ0n) is 18.8. The number of hydrogen-bond donors (Lipinski definition) is 0. The number of rotatable bonds is 3. The number of carbonyl (C=O) groups is 1. The van der Waals surface area contributed by atoms with Crippen molar-refractivity contribution >= 4 is 17.4 Å². The first-order valence-corrected chi connectivity index (χ1v) is 11.3. The molecule has 4 aromatic carbocycles. The lowest BCUT2D eigenvalue weighted by Crippen LogP contribution is -2.44. The van der Waals surface area contributed by atoms with E-state index in [4.69, 9.17) is 9.73 Å². The highest BCUT2D eigenvalue weighted by molar-refractivity contribution is 6.15. The topological polar surface area (TPSA) is 81.8 Å². The van der Waals surface area contributed by atoms with Gasteiger partial charge in [-0.05, 0) is 47.9 Å². The van der Waals surface area contributed by atoms with Crippen LogP contribution in [0.3, 0.4) is 0 Å². The summed E-state index contributed by atoms with van der Waals surface area (Å²) in [7, 11) is 0. The van der Waals surface area contributed by atoms with Crippen LogP contribution in [-0.4, -0.2) is 16.6 Å². The smallest absolute Gasteiger partial charge is 0.269 e. The predicted molar refractivity (Wildman–Crippen MR) is 133 cm³/mol. The number of fused-ring (bicyclic) bond motifs is 4. The largest absolute Gasteiger partial charge is 0.455 e. The van der Waals surface area contributed by atoms with Crippen LogP contribution in [0, 0.1) is 17.0 Å². The van der Waals surface area contributed by atoms with Gasteiger partial charge in [0.05, 0.1) is 4.92 Å². The van der Waals surface area contributed by atoms with Crippen molar-refractivity contribution < 1.29 is 14.5 Å². The van der Waals surface area contributed by atoms with Gasteiger partial charge in [0, 0.05) is 28.8 Å². The van der Waals surface area contributed by atoms with Crippen LogP contribution >= 0.6 is 0 Å². The van der Waals surface area contributed by atoms with Gasteiger partial charge in [0.25, 0.3) is 5.69 Å². The molecule has 4 aromatic rings. The van der Waals surface area contributed by atoms with Crippen molar-refractivity contribution in [1.82, 2.24) is 0 Å². The molecule has 0 N–H and O–H groups in total. The standard InChI is InChI=1S/C29H20N2O4/c1-18-10-12-20(13-11-18)28-30-26(19-14-16-21(17-15-19)31(33)34)29(35-28)25-9-5-4-7-23(25)22-6-2-3-8-24(22)27(29)32/h2-17,26H,1H3/t26-,29-/m1/s1. The molecular weight excluding hydrogens is 440 g/mol. The number of Topliss-reactive ketones (excluding diaryl/α,β-unsaturated/α-hetero) is 1. The fraction of sp³-hybridized carbons (Fsp3) is 0.103. The number of nitrogens with zero attached hydrogens (tertiary/aromatic N) is 2. The summed E-state index contributed by atoms with van der Waals surface area (Å²) in [5.74, 6) is 0.192. The number of ketones is 1. The fourth-order valence-electron chi connectivity index (χ4n) is 5.01. The Kier molecular flexibility index (Phi) is 4.64. The maximum Gasteiger partial charge on any atom is 0.269 e. The molecule has 0 unspecified atom stereocenters. The number of aryl methyl sites for hydroxylation is 1. The first-order valence-electron chi connectivity index (χ1n) is 11.3. The second-order valence-corrected chi connectivity index (χ2v) is 8.81. The number of aliphatic imine (C=N–C) groups is 1. The summed E-state index contributed by atoms with van der Waals surface area (Å²) < 4.78 is 6.62. The van der Waals surface area contributed by atoms with E-state index in [1.54, 1.807) is 12.1 Å². The molecule has 170 valence electrons. The van der Waals surface area contributed by atoms with Crippen molar-refractivity contribution in [3.8, 4) is 11.1 Å². The summed E-state index contributed by atoms with van der Waals surface area (Å²) in [4.78, 5) is 30.0. The van der Waals surface area contributed by atoms with Crippen LogP contribution in [0.25, 0.3) is 11.1 Å². The van der Waals surface area contributed by atoms with Gasteiger partial charge in [-0.15, -0.1) is 0 Å². The monoisotopic (exact) mass is 460 g/mol. The molecule has 1 heterocycles. The Morgan fingerprint density at radius 1 is 0.829 bits per heavy atom. The summed E-state index contributed by atoms with van der Waals surface area (Å²) >= 11 is 0. The Labute approximate surface area is 201 Å². The van der Waals surface area contributed by atoms with Crippen LogP contribution in [0.5, 0.6) is 0 Å². The second-order valence-electron chi connectivity index (χ2n) is 8.81. The minimum Gasteiger partial charge on any atom is -0.455 e. The molecule has 1 aliphatic heterocycles. The van der Waals surface area contributed by atoms with Gasteiger partial charge < -0.3 is 4.74 Å². The van der Waals surface area contributed by atoms with Crippen molar-refractivity contribution in [2.45, 2.75) is 18.6 Å². The quantitative estimate of drug-likeness (QED) is 0.270. The van der Waals surface area contributed by atoms with E-state index in [1.807, 2.05) is 79.7 Å². The van der Waals surface area contributed by atoms with Crippen molar-refractivity contribution in [3.05, 3.63) is 135 Å². The number of non-ortho nitro benzene ring substituents is 1. The molecule has 1 aliphatic carbocycles. The Morgan fingerprint density at radius 2 is 1.46 bits per heavy atom. The summed E-state index contributed by atoms with van der Waals surface area (Å²) in [6.07, 6.45) is 0. The van der Waals surface area contributed by atoms with Gasteiger partial charge in [-0.2, -0.15) is 0 Å². The average Bonchev–Trinajstić information content (AvgIpc) is 3.29. The Morgan fingerprint density at radius 3 is 2.14 bits per heavy atom. The normalized spacial score (nSPS) is 20.1. The molecular formula is C29H20N2O4. The minimum absolute atomic E-state index is 0.0230. The van der Waals surface area contributed by atoms with Gasteiger partial charge in [0.1, 0.15) is 6.04 Å². The first kappa shape index (κ1) is 21.0. The number of ether oxygens (including phenoxy) is 1. The van der Waals surface area contributed by atoms with E-state index in [1.165, 1.54) is 12.1 Å². The zero-order chi connectivity index (χ0) is 24.2. The van der Waals surface area contributed by atoms with Crippen LogP contribution in [0.2, 0.25) is 0 Å². The van der Waals surface area contributed by atoms with Gasteiger partial charge in [0.15, 0.2) is 0 Å². The van der Waals surface area contributed by atoms with Gasteiger partial charge in [-0.3, -0.25) is 14.9 Å². The minimum atomic E-state index is -1.43. The highest BCUT2D eigenvalue weighted by Crippen LogP contribution is 2.54. The zero-order valence-corrected chi connectivity index (χ0v) is 18.8. The van der Waals surface area contributed by atoms with Gasteiger partial charge in [-0.1, -0.05) is 66.2 Å². The number of nitro benzene ring substituents is 1. The van der Waals surface area contributed by atoms with Crippen LogP contribution in [0.4, 0.5) is 5.69 Å². The maximum absolute atomic E-state index is 14.3. The first-order chi connectivity index (χ1) is 17.0. The molecule has 0 saturated heterocycles. The number of benzene rings is 4. The van der Waals surface area contributed by atoms with E-state index in [2.05, 4.69) is 0 Å². The molecule has 0 fully saturated rings. The van der Waals surface area contributed by atoms with E-state index < -0.39 is 16.6 Å². The van der Waals surface area contributed by atoms with Gasteiger partial charge in [-0.25, -0.2) is 4.99 Å². The summed E-state index contributed by atoms with van der Waals surface area (Å²) in [6, 6.07) is 28.5. The van der Waals surface area contributed by atoms with Crippen molar-refractivity contribution in [2.75, 3.05) is 0 Å². The molecule has 35 heavy (non-hydrogen) atoms. The highest BCUT2D eigenvalue weighted by atomic mass is 16.6. The molecule has 2 atom stereocenters.